The van der Waals surface area contributed by atoms with Crippen LogP contribution in [0.5, 0.6) is 0 Å². The van der Waals surface area contributed by atoms with E-state index in [2.05, 4.69) is 10.2 Å². The number of non-ortho nitro benzene ring substituents is 1. The molecule has 0 bridgehead atoms. The first-order valence-electron chi connectivity index (χ1n) is 7.36. The van der Waals surface area contributed by atoms with E-state index in [1.807, 2.05) is 24.0 Å². The highest BCUT2D eigenvalue weighted by Crippen LogP contribution is 2.30. The molecule has 0 saturated carbocycles. The molecule has 8 heteroatoms. The molecule has 0 radical (unpaired) electrons. The number of nitro benzene ring substituents is 1. The second kappa shape index (κ2) is 8.37. The Balaban J connectivity index is 2.13. The summed E-state index contributed by atoms with van der Waals surface area (Å²) in [4.78, 5) is 12.2. The van der Waals surface area contributed by atoms with E-state index in [4.69, 9.17) is 16.7 Å². The van der Waals surface area contributed by atoms with Gasteiger partial charge in [0.05, 0.1) is 22.2 Å². The Morgan fingerprint density at radius 2 is 1.92 bits per heavy atom. The van der Waals surface area contributed by atoms with E-state index < -0.39 is 4.92 Å². The van der Waals surface area contributed by atoms with Crippen LogP contribution in [0.25, 0.3) is 0 Å². The number of aliphatic hydroxyl groups is 1. The molecule has 7 nitrogen and oxygen atoms in total. The monoisotopic (exact) mass is 348 g/mol. The SMILES string of the molecule is CCN(CCO)c1ccc(/N=N/c2ccc([N+](=O)[O-])cc2Cl)cc1. The van der Waals surface area contributed by atoms with Crippen molar-refractivity contribution in [2.24, 2.45) is 10.2 Å². The summed E-state index contributed by atoms with van der Waals surface area (Å²) in [6, 6.07) is 11.4. The fourth-order valence-corrected chi connectivity index (χ4v) is 2.34. The first-order chi connectivity index (χ1) is 11.5. The molecular formula is C16H17ClN4O3. The second-order valence-corrected chi connectivity index (χ2v) is 5.32. The van der Waals surface area contributed by atoms with Gasteiger partial charge in [0.15, 0.2) is 0 Å². The van der Waals surface area contributed by atoms with Gasteiger partial charge in [-0.1, -0.05) is 11.6 Å². The summed E-state index contributed by atoms with van der Waals surface area (Å²) in [5, 5.41) is 28.0. The average Bonchev–Trinajstić information content (AvgIpc) is 2.59. The van der Waals surface area contributed by atoms with Gasteiger partial charge in [0.2, 0.25) is 0 Å². The van der Waals surface area contributed by atoms with Crippen LogP contribution >= 0.6 is 11.6 Å². The van der Waals surface area contributed by atoms with Gasteiger partial charge >= 0.3 is 0 Å². The van der Waals surface area contributed by atoms with Crippen molar-refractivity contribution in [2.75, 3.05) is 24.6 Å². The molecule has 2 aromatic rings. The average molecular weight is 349 g/mol. The third-order valence-corrected chi connectivity index (χ3v) is 3.68. The first kappa shape index (κ1) is 17.8. The van der Waals surface area contributed by atoms with Crippen LogP contribution in [-0.2, 0) is 0 Å². The molecule has 0 spiro atoms. The molecule has 0 aliphatic heterocycles. The molecule has 126 valence electrons. The minimum atomic E-state index is -0.516. The van der Waals surface area contributed by atoms with E-state index in [0.717, 1.165) is 12.2 Å². The summed E-state index contributed by atoms with van der Waals surface area (Å²) in [6.07, 6.45) is 0. The van der Waals surface area contributed by atoms with Crippen LogP contribution < -0.4 is 4.90 Å². The van der Waals surface area contributed by atoms with Crippen LogP contribution in [0.2, 0.25) is 5.02 Å². The molecule has 0 atom stereocenters. The van der Waals surface area contributed by atoms with Gasteiger partial charge in [0.25, 0.3) is 5.69 Å². The first-order valence-corrected chi connectivity index (χ1v) is 7.74. The maximum Gasteiger partial charge on any atom is 0.271 e. The lowest BCUT2D eigenvalue weighted by molar-refractivity contribution is -0.384. The van der Waals surface area contributed by atoms with Crippen molar-refractivity contribution in [1.82, 2.24) is 0 Å². The predicted octanol–water partition coefficient (Wildman–Crippen LogP) is 4.48. The minimum Gasteiger partial charge on any atom is -0.395 e. The summed E-state index contributed by atoms with van der Waals surface area (Å²) in [5.74, 6) is 0. The number of benzene rings is 2. The quantitative estimate of drug-likeness (QED) is 0.453. The number of likely N-dealkylation sites (N-methyl/N-ethyl adjacent to an activating group) is 1. The molecule has 24 heavy (non-hydrogen) atoms. The predicted molar refractivity (Wildman–Crippen MR) is 93.7 cm³/mol. The minimum absolute atomic E-state index is 0.0909. The van der Waals surface area contributed by atoms with Crippen molar-refractivity contribution in [3.8, 4) is 0 Å². The van der Waals surface area contributed by atoms with E-state index in [1.165, 1.54) is 18.2 Å². The number of hydrogen-bond donors (Lipinski definition) is 1. The zero-order chi connectivity index (χ0) is 17.5. The zero-order valence-corrected chi connectivity index (χ0v) is 13.8. The van der Waals surface area contributed by atoms with Crippen molar-refractivity contribution in [3.05, 3.63) is 57.6 Å². The summed E-state index contributed by atoms with van der Waals surface area (Å²) >= 11 is 5.97. The molecular weight excluding hydrogens is 332 g/mol. The Bertz CT molecular complexity index is 735. The van der Waals surface area contributed by atoms with Crippen LogP contribution in [-0.4, -0.2) is 29.7 Å². The molecule has 0 amide bonds. The topological polar surface area (TPSA) is 91.3 Å². The number of halogens is 1. The zero-order valence-electron chi connectivity index (χ0n) is 13.1. The highest BCUT2D eigenvalue weighted by molar-refractivity contribution is 6.33. The molecule has 0 unspecified atom stereocenters. The summed E-state index contributed by atoms with van der Waals surface area (Å²) < 4.78 is 0. The van der Waals surface area contributed by atoms with E-state index in [0.29, 0.717) is 17.9 Å². The van der Waals surface area contributed by atoms with E-state index in [9.17, 15) is 10.1 Å². The Hall–Kier alpha value is -2.51. The molecule has 0 fully saturated rings. The van der Waals surface area contributed by atoms with Crippen molar-refractivity contribution in [2.45, 2.75) is 6.92 Å². The van der Waals surface area contributed by atoms with Crippen LogP contribution in [0, 0.1) is 10.1 Å². The number of aliphatic hydroxyl groups excluding tert-OH is 1. The standard InChI is InChI=1S/C16H17ClN4O3/c1-2-20(9-10-22)13-5-3-12(4-6-13)18-19-16-8-7-14(21(23)24)11-15(16)17/h3-8,11,22H,2,9-10H2,1H3/b19-18+. The molecule has 0 aliphatic carbocycles. The smallest absolute Gasteiger partial charge is 0.271 e. The molecule has 0 heterocycles. The van der Waals surface area contributed by atoms with Crippen LogP contribution in [0.4, 0.5) is 22.7 Å². The van der Waals surface area contributed by atoms with Crippen LogP contribution in [0.15, 0.2) is 52.7 Å². The highest BCUT2D eigenvalue weighted by atomic mass is 35.5. The molecule has 0 aromatic heterocycles. The third-order valence-electron chi connectivity index (χ3n) is 3.38. The van der Waals surface area contributed by atoms with E-state index in [-0.39, 0.29) is 17.3 Å². The largest absolute Gasteiger partial charge is 0.395 e. The number of hydrogen-bond acceptors (Lipinski definition) is 6. The fourth-order valence-electron chi connectivity index (χ4n) is 2.12. The lowest BCUT2D eigenvalue weighted by atomic mass is 10.2. The molecule has 2 rings (SSSR count). The molecule has 1 N–H and O–H groups in total. The van der Waals surface area contributed by atoms with Gasteiger partial charge in [-0.3, -0.25) is 10.1 Å². The van der Waals surface area contributed by atoms with Gasteiger partial charge in [0, 0.05) is 30.9 Å². The Kier molecular flexibility index (Phi) is 6.22. The van der Waals surface area contributed by atoms with Gasteiger partial charge < -0.3 is 10.0 Å². The van der Waals surface area contributed by atoms with Gasteiger partial charge in [-0.25, -0.2) is 0 Å². The van der Waals surface area contributed by atoms with Gasteiger partial charge in [-0.15, -0.1) is 5.11 Å². The van der Waals surface area contributed by atoms with Crippen molar-refractivity contribution < 1.29 is 10.0 Å². The maximum atomic E-state index is 10.7. The van der Waals surface area contributed by atoms with Crippen LogP contribution in [0.1, 0.15) is 6.92 Å². The van der Waals surface area contributed by atoms with Gasteiger partial charge in [-0.2, -0.15) is 5.11 Å². The summed E-state index contributed by atoms with van der Waals surface area (Å²) in [5.41, 5.74) is 1.89. The van der Waals surface area contributed by atoms with Gasteiger partial charge in [-0.05, 0) is 37.3 Å². The Morgan fingerprint density at radius 1 is 1.21 bits per heavy atom. The lowest BCUT2D eigenvalue weighted by Crippen LogP contribution is -2.25. The summed E-state index contributed by atoms with van der Waals surface area (Å²) in [7, 11) is 0. The fraction of sp³-hybridized carbons (Fsp3) is 0.250. The molecule has 0 aliphatic rings. The van der Waals surface area contributed by atoms with Crippen molar-refractivity contribution in [1.29, 1.82) is 0 Å². The highest BCUT2D eigenvalue weighted by Gasteiger charge is 2.09. The second-order valence-electron chi connectivity index (χ2n) is 4.91. The van der Waals surface area contributed by atoms with E-state index >= 15 is 0 Å². The number of anilines is 1. The van der Waals surface area contributed by atoms with Crippen LogP contribution in [0.3, 0.4) is 0 Å². The lowest BCUT2D eigenvalue weighted by Gasteiger charge is -2.21. The molecule has 0 saturated heterocycles. The van der Waals surface area contributed by atoms with Crippen molar-refractivity contribution in [3.63, 3.8) is 0 Å². The normalized spacial score (nSPS) is 11.0. The Labute approximate surface area is 144 Å². The summed E-state index contributed by atoms with van der Waals surface area (Å²) in [6.45, 7) is 3.46. The molecule has 2 aromatic carbocycles. The number of nitrogens with zero attached hydrogens (tertiary/aromatic N) is 4. The van der Waals surface area contributed by atoms with E-state index in [1.54, 1.807) is 12.1 Å². The number of nitro groups is 1. The number of rotatable bonds is 7. The number of azo groups is 1. The third kappa shape index (κ3) is 4.50. The van der Waals surface area contributed by atoms with Gasteiger partial charge in [0.1, 0.15) is 5.69 Å². The van der Waals surface area contributed by atoms with Crippen molar-refractivity contribution >= 4 is 34.4 Å². The Morgan fingerprint density at radius 3 is 2.46 bits per heavy atom. The maximum absolute atomic E-state index is 10.7.